The molecule has 0 aliphatic heterocycles. The van der Waals surface area contributed by atoms with Gasteiger partial charge in [0.05, 0.1) is 6.21 Å². The van der Waals surface area contributed by atoms with E-state index in [1.54, 1.807) is 34.8 Å². The van der Waals surface area contributed by atoms with Crippen molar-refractivity contribution in [3.8, 4) is 0 Å². The van der Waals surface area contributed by atoms with E-state index >= 15 is 0 Å². The molecule has 23 heavy (non-hydrogen) atoms. The zero-order valence-electron chi connectivity index (χ0n) is 12.6. The van der Waals surface area contributed by atoms with Gasteiger partial charge in [0.25, 0.3) is 0 Å². The van der Waals surface area contributed by atoms with Crippen LogP contribution in [0, 0.1) is 12.7 Å². The van der Waals surface area contributed by atoms with Gasteiger partial charge < -0.3 is 0 Å². The fourth-order valence-electron chi connectivity index (χ4n) is 1.96. The Morgan fingerprint density at radius 3 is 2.57 bits per heavy atom. The zero-order valence-corrected chi connectivity index (χ0v) is 13.4. The van der Waals surface area contributed by atoms with Gasteiger partial charge >= 0.3 is 0 Å². The summed E-state index contributed by atoms with van der Waals surface area (Å²) in [6.07, 6.45) is 1.67. The van der Waals surface area contributed by atoms with Crippen molar-refractivity contribution >= 4 is 18.0 Å². The predicted octanol–water partition coefficient (Wildman–Crippen LogP) is 3.90. The molecule has 0 saturated heterocycles. The number of rotatable bonds is 5. The van der Waals surface area contributed by atoms with E-state index in [1.165, 1.54) is 17.7 Å². The van der Waals surface area contributed by atoms with E-state index in [-0.39, 0.29) is 5.82 Å². The second-order valence-electron chi connectivity index (χ2n) is 4.91. The van der Waals surface area contributed by atoms with Crippen LogP contribution in [-0.2, 0) is 5.75 Å². The summed E-state index contributed by atoms with van der Waals surface area (Å²) in [5, 5.41) is 13.4. The van der Waals surface area contributed by atoms with Gasteiger partial charge in [-0.1, -0.05) is 54.2 Å². The Bertz CT molecular complexity index is 797. The fourth-order valence-corrected chi connectivity index (χ4v) is 2.84. The summed E-state index contributed by atoms with van der Waals surface area (Å²) in [6, 6.07) is 16.3. The quantitative estimate of drug-likeness (QED) is 0.527. The van der Waals surface area contributed by atoms with E-state index in [1.807, 2.05) is 25.1 Å². The Hall–Kier alpha value is -2.47. The lowest BCUT2D eigenvalue weighted by atomic mass is 10.2. The zero-order chi connectivity index (χ0) is 16.1. The monoisotopic (exact) mass is 326 g/mol. The number of halogens is 1. The van der Waals surface area contributed by atoms with Crippen molar-refractivity contribution in [2.24, 2.45) is 5.10 Å². The van der Waals surface area contributed by atoms with Crippen LogP contribution in [0.4, 0.5) is 4.39 Å². The molecule has 0 saturated carbocycles. The average Bonchev–Trinajstić information content (AvgIpc) is 2.93. The van der Waals surface area contributed by atoms with Crippen LogP contribution in [0.1, 0.15) is 17.0 Å². The van der Waals surface area contributed by atoms with Crippen molar-refractivity contribution in [1.29, 1.82) is 0 Å². The first-order valence-electron chi connectivity index (χ1n) is 7.11. The summed E-state index contributed by atoms with van der Waals surface area (Å²) in [5.74, 6) is 1.24. The number of hydrogen-bond donors (Lipinski definition) is 0. The molecule has 0 N–H and O–H groups in total. The molecule has 3 rings (SSSR count). The van der Waals surface area contributed by atoms with Gasteiger partial charge in [-0.25, -0.2) is 4.39 Å². The lowest BCUT2D eigenvalue weighted by Gasteiger charge is -2.02. The number of aryl methyl sites for hydroxylation is 1. The minimum absolute atomic E-state index is 0.262. The maximum absolute atomic E-state index is 12.9. The van der Waals surface area contributed by atoms with Crippen LogP contribution < -0.4 is 0 Å². The molecule has 0 aliphatic carbocycles. The van der Waals surface area contributed by atoms with Gasteiger partial charge in [-0.3, -0.25) is 0 Å². The van der Waals surface area contributed by atoms with Gasteiger partial charge in [0.1, 0.15) is 5.82 Å². The van der Waals surface area contributed by atoms with Gasteiger partial charge in [-0.05, 0) is 30.2 Å². The summed E-state index contributed by atoms with van der Waals surface area (Å²) in [6.45, 7) is 1.85. The first-order valence-corrected chi connectivity index (χ1v) is 8.09. The highest BCUT2D eigenvalue weighted by molar-refractivity contribution is 7.98. The third-order valence-corrected chi connectivity index (χ3v) is 4.16. The summed E-state index contributed by atoms with van der Waals surface area (Å²) in [4.78, 5) is 0. The van der Waals surface area contributed by atoms with Crippen LogP contribution in [0.15, 0.2) is 64.9 Å². The highest BCUT2D eigenvalue weighted by Crippen LogP contribution is 2.21. The fraction of sp³-hybridized carbons (Fsp3) is 0.118. The molecule has 4 nitrogen and oxygen atoms in total. The van der Waals surface area contributed by atoms with E-state index in [4.69, 9.17) is 0 Å². The van der Waals surface area contributed by atoms with Crippen molar-refractivity contribution < 1.29 is 4.39 Å². The minimum Gasteiger partial charge on any atom is -0.207 e. The second-order valence-corrected chi connectivity index (χ2v) is 5.85. The molecular weight excluding hydrogens is 311 g/mol. The molecule has 0 radical (unpaired) electrons. The normalized spacial score (nSPS) is 11.2. The van der Waals surface area contributed by atoms with E-state index in [2.05, 4.69) is 27.4 Å². The topological polar surface area (TPSA) is 43.1 Å². The number of aromatic nitrogens is 3. The molecule has 0 bridgehead atoms. The maximum Gasteiger partial charge on any atom is 0.212 e. The number of thioether (sulfide) groups is 1. The Balaban J connectivity index is 1.74. The standard InChI is InChI=1S/C17H15FN4S/c1-13-20-21-17(23-12-15-5-3-2-4-6-15)22(13)19-11-14-7-9-16(18)10-8-14/h2-11H,12H2,1H3/b19-11-. The summed E-state index contributed by atoms with van der Waals surface area (Å²) in [7, 11) is 0. The highest BCUT2D eigenvalue weighted by Gasteiger charge is 2.08. The van der Waals surface area contributed by atoms with Crippen molar-refractivity contribution in [2.45, 2.75) is 17.8 Å². The first kappa shape index (κ1) is 15.4. The average molecular weight is 326 g/mol. The third-order valence-electron chi connectivity index (χ3n) is 3.17. The summed E-state index contributed by atoms with van der Waals surface area (Å²) >= 11 is 1.57. The Morgan fingerprint density at radius 1 is 1.09 bits per heavy atom. The minimum atomic E-state index is -0.262. The van der Waals surface area contributed by atoms with Crippen molar-refractivity contribution in [3.63, 3.8) is 0 Å². The summed E-state index contributed by atoms with van der Waals surface area (Å²) < 4.78 is 14.6. The Kier molecular flexibility index (Phi) is 4.83. The lowest BCUT2D eigenvalue weighted by Crippen LogP contribution is -1.96. The first-order chi connectivity index (χ1) is 11.2. The number of benzene rings is 2. The summed E-state index contributed by atoms with van der Waals surface area (Å²) in [5.41, 5.74) is 2.03. The van der Waals surface area contributed by atoms with Gasteiger partial charge in [-0.2, -0.15) is 9.78 Å². The van der Waals surface area contributed by atoms with Crippen molar-refractivity contribution in [1.82, 2.24) is 14.9 Å². The number of nitrogens with zero attached hydrogens (tertiary/aromatic N) is 4. The molecule has 0 spiro atoms. The number of hydrogen-bond acceptors (Lipinski definition) is 4. The molecule has 116 valence electrons. The van der Waals surface area contributed by atoms with Gasteiger partial charge in [0.15, 0.2) is 5.82 Å². The van der Waals surface area contributed by atoms with Gasteiger partial charge in [0.2, 0.25) is 5.16 Å². The molecule has 1 heterocycles. The largest absolute Gasteiger partial charge is 0.212 e. The SMILES string of the molecule is Cc1nnc(SCc2ccccc2)n1/N=C\c1ccc(F)cc1. The smallest absolute Gasteiger partial charge is 0.207 e. The van der Waals surface area contributed by atoms with Crippen LogP contribution in [0.5, 0.6) is 0 Å². The molecule has 2 aromatic carbocycles. The maximum atomic E-state index is 12.9. The molecule has 0 atom stereocenters. The predicted molar refractivity (Wildman–Crippen MR) is 90.2 cm³/mol. The van der Waals surface area contributed by atoms with Crippen LogP contribution in [0.25, 0.3) is 0 Å². The van der Waals surface area contributed by atoms with Gasteiger partial charge in [0, 0.05) is 5.75 Å². The van der Waals surface area contributed by atoms with E-state index in [0.717, 1.165) is 16.5 Å². The van der Waals surface area contributed by atoms with Crippen molar-refractivity contribution in [3.05, 3.63) is 77.4 Å². The Labute approximate surface area is 138 Å². The van der Waals surface area contributed by atoms with Crippen LogP contribution in [-0.4, -0.2) is 21.1 Å². The lowest BCUT2D eigenvalue weighted by molar-refractivity contribution is 0.628. The van der Waals surface area contributed by atoms with Crippen LogP contribution in [0.3, 0.4) is 0 Å². The molecule has 0 amide bonds. The molecule has 6 heteroatoms. The third kappa shape index (κ3) is 4.04. The molecular formula is C17H15FN4S. The van der Waals surface area contributed by atoms with Gasteiger partial charge in [-0.15, -0.1) is 10.2 Å². The van der Waals surface area contributed by atoms with Crippen LogP contribution in [0.2, 0.25) is 0 Å². The van der Waals surface area contributed by atoms with Crippen molar-refractivity contribution in [2.75, 3.05) is 0 Å². The molecule has 3 aromatic rings. The molecule has 0 aliphatic rings. The van der Waals surface area contributed by atoms with Crippen LogP contribution >= 0.6 is 11.8 Å². The van der Waals surface area contributed by atoms with E-state index in [0.29, 0.717) is 5.82 Å². The van der Waals surface area contributed by atoms with E-state index < -0.39 is 0 Å². The molecule has 0 fully saturated rings. The molecule has 1 aromatic heterocycles. The van der Waals surface area contributed by atoms with E-state index in [9.17, 15) is 4.39 Å². The Morgan fingerprint density at radius 2 is 1.83 bits per heavy atom. The highest BCUT2D eigenvalue weighted by atomic mass is 32.2. The second kappa shape index (κ2) is 7.19. The molecule has 0 unspecified atom stereocenters.